The van der Waals surface area contributed by atoms with Crippen LogP contribution in [0.4, 0.5) is 19.0 Å². The average Bonchev–Trinajstić information content (AvgIpc) is 2.52. The number of aliphatic hydroxyl groups excluding tert-OH is 1. The molecule has 1 aromatic heterocycles. The number of rotatable bonds is 4. The van der Waals surface area contributed by atoms with E-state index in [9.17, 15) is 18.3 Å². The van der Waals surface area contributed by atoms with Crippen molar-refractivity contribution >= 4 is 17.4 Å². The highest BCUT2D eigenvalue weighted by molar-refractivity contribution is 6.30. The number of aliphatic hydroxyl groups is 1. The predicted molar refractivity (Wildman–Crippen MR) is 78.9 cm³/mol. The molecule has 0 amide bonds. The lowest BCUT2D eigenvalue weighted by molar-refractivity contribution is -0.141. The number of nitrogens with zero attached hydrogens (tertiary/aromatic N) is 2. The minimum Gasteiger partial charge on any atom is -0.394 e. The molecule has 1 heterocycles. The SMILES string of the molecule is N#Cc1ccc(C(F)(F)F)nc1NC(CO)c1ccc(Cl)cc1. The van der Waals surface area contributed by atoms with Gasteiger partial charge in [-0.05, 0) is 29.8 Å². The van der Waals surface area contributed by atoms with Crippen LogP contribution in [0.5, 0.6) is 0 Å². The largest absolute Gasteiger partial charge is 0.433 e. The number of aromatic nitrogens is 1. The first-order valence-electron chi connectivity index (χ1n) is 6.46. The molecule has 1 unspecified atom stereocenters. The van der Waals surface area contributed by atoms with Crippen molar-refractivity contribution in [1.82, 2.24) is 4.98 Å². The van der Waals surface area contributed by atoms with Crippen LogP contribution in [0.3, 0.4) is 0 Å². The molecule has 1 aromatic carbocycles. The van der Waals surface area contributed by atoms with Gasteiger partial charge in [0, 0.05) is 5.02 Å². The van der Waals surface area contributed by atoms with Gasteiger partial charge in [0.2, 0.25) is 0 Å². The van der Waals surface area contributed by atoms with Crippen LogP contribution in [0.25, 0.3) is 0 Å². The van der Waals surface area contributed by atoms with Crippen LogP contribution in [-0.2, 0) is 6.18 Å². The Labute approximate surface area is 135 Å². The number of hydrogen-bond donors (Lipinski definition) is 2. The van der Waals surface area contributed by atoms with Gasteiger partial charge in [-0.2, -0.15) is 18.4 Å². The third kappa shape index (κ3) is 4.12. The summed E-state index contributed by atoms with van der Waals surface area (Å²) in [4.78, 5) is 3.45. The van der Waals surface area contributed by atoms with E-state index >= 15 is 0 Å². The second-order valence-corrected chi connectivity index (χ2v) is 5.07. The van der Waals surface area contributed by atoms with E-state index in [-0.39, 0.29) is 11.4 Å². The zero-order valence-electron chi connectivity index (χ0n) is 11.6. The molecule has 0 saturated heterocycles. The Balaban J connectivity index is 2.36. The average molecular weight is 342 g/mol. The zero-order chi connectivity index (χ0) is 17.0. The predicted octanol–water partition coefficient (Wildman–Crippen LogP) is 3.77. The van der Waals surface area contributed by atoms with Crippen molar-refractivity contribution < 1.29 is 18.3 Å². The first-order valence-corrected chi connectivity index (χ1v) is 6.84. The van der Waals surface area contributed by atoms with E-state index in [2.05, 4.69) is 10.3 Å². The summed E-state index contributed by atoms with van der Waals surface area (Å²) >= 11 is 5.78. The van der Waals surface area contributed by atoms with Crippen LogP contribution >= 0.6 is 11.6 Å². The third-order valence-electron chi connectivity index (χ3n) is 3.07. The number of nitrogens with one attached hydrogen (secondary N) is 1. The molecule has 0 aliphatic rings. The molecule has 0 bridgehead atoms. The number of anilines is 1. The monoisotopic (exact) mass is 341 g/mol. The van der Waals surface area contributed by atoms with Gasteiger partial charge in [0.05, 0.1) is 18.2 Å². The van der Waals surface area contributed by atoms with Gasteiger partial charge >= 0.3 is 6.18 Å². The van der Waals surface area contributed by atoms with E-state index in [1.54, 1.807) is 30.3 Å². The zero-order valence-corrected chi connectivity index (χ0v) is 12.4. The van der Waals surface area contributed by atoms with Crippen molar-refractivity contribution in [2.75, 3.05) is 11.9 Å². The van der Waals surface area contributed by atoms with E-state index in [1.165, 1.54) is 0 Å². The second-order valence-electron chi connectivity index (χ2n) is 4.63. The number of pyridine rings is 1. The fraction of sp³-hybridized carbons (Fsp3) is 0.200. The highest BCUT2D eigenvalue weighted by Crippen LogP contribution is 2.30. The second kappa shape index (κ2) is 6.86. The van der Waals surface area contributed by atoms with E-state index < -0.39 is 24.5 Å². The quantitative estimate of drug-likeness (QED) is 0.888. The summed E-state index contributed by atoms with van der Waals surface area (Å²) in [5, 5.41) is 21.6. The lowest BCUT2D eigenvalue weighted by atomic mass is 10.1. The van der Waals surface area contributed by atoms with Crippen LogP contribution in [0.1, 0.15) is 22.9 Å². The molecule has 0 aliphatic heterocycles. The topological polar surface area (TPSA) is 68.9 Å². The van der Waals surface area contributed by atoms with Gasteiger partial charge in [-0.25, -0.2) is 4.98 Å². The van der Waals surface area contributed by atoms with E-state index in [0.29, 0.717) is 10.6 Å². The Morgan fingerprint density at radius 3 is 2.39 bits per heavy atom. The third-order valence-corrected chi connectivity index (χ3v) is 3.32. The minimum absolute atomic E-state index is 0.0505. The maximum Gasteiger partial charge on any atom is 0.433 e. The van der Waals surface area contributed by atoms with E-state index in [4.69, 9.17) is 16.9 Å². The standard InChI is InChI=1S/C15H11ClF3N3O/c16-11-4-1-9(2-5-11)12(8-23)21-14-10(7-20)3-6-13(22-14)15(17,18)19/h1-6,12,23H,8H2,(H,21,22). The first-order chi connectivity index (χ1) is 10.8. The number of hydrogen-bond acceptors (Lipinski definition) is 4. The minimum atomic E-state index is -4.63. The lowest BCUT2D eigenvalue weighted by Crippen LogP contribution is -2.18. The molecule has 0 fully saturated rings. The number of alkyl halides is 3. The normalized spacial score (nSPS) is 12.5. The van der Waals surface area contributed by atoms with E-state index in [1.807, 2.05) is 0 Å². The fourth-order valence-electron chi connectivity index (χ4n) is 1.91. The molecule has 2 aromatic rings. The highest BCUT2D eigenvalue weighted by atomic mass is 35.5. The van der Waals surface area contributed by atoms with Gasteiger partial charge in [0.1, 0.15) is 17.6 Å². The molecule has 4 nitrogen and oxygen atoms in total. The van der Waals surface area contributed by atoms with Crippen molar-refractivity contribution in [3.8, 4) is 6.07 Å². The van der Waals surface area contributed by atoms with Gasteiger partial charge in [0.15, 0.2) is 0 Å². The number of halogens is 4. The van der Waals surface area contributed by atoms with Crippen LogP contribution in [0, 0.1) is 11.3 Å². The van der Waals surface area contributed by atoms with Gasteiger partial charge in [-0.1, -0.05) is 23.7 Å². The van der Waals surface area contributed by atoms with Gasteiger partial charge in [-0.15, -0.1) is 0 Å². The molecule has 2 N–H and O–H groups in total. The molecule has 0 saturated carbocycles. The molecule has 0 aliphatic carbocycles. The van der Waals surface area contributed by atoms with Crippen molar-refractivity contribution in [3.05, 3.63) is 58.2 Å². The Morgan fingerprint density at radius 2 is 1.87 bits per heavy atom. The molecule has 120 valence electrons. The van der Waals surface area contributed by atoms with Crippen LogP contribution in [0.2, 0.25) is 5.02 Å². The molecular weight excluding hydrogens is 331 g/mol. The number of benzene rings is 1. The molecule has 23 heavy (non-hydrogen) atoms. The summed E-state index contributed by atoms with van der Waals surface area (Å²) in [5.41, 5.74) is -0.572. The number of nitriles is 1. The highest BCUT2D eigenvalue weighted by Gasteiger charge is 2.33. The van der Waals surface area contributed by atoms with Crippen LogP contribution < -0.4 is 5.32 Å². The van der Waals surface area contributed by atoms with Crippen LogP contribution in [0.15, 0.2) is 36.4 Å². The maximum atomic E-state index is 12.8. The Hall–Kier alpha value is -2.30. The summed E-state index contributed by atoms with van der Waals surface area (Å²) in [6, 6.07) is 9.24. The van der Waals surface area contributed by atoms with Crippen LogP contribution in [-0.4, -0.2) is 16.7 Å². The van der Waals surface area contributed by atoms with Crippen molar-refractivity contribution in [1.29, 1.82) is 5.26 Å². The van der Waals surface area contributed by atoms with Gasteiger partial charge in [0.25, 0.3) is 0 Å². The van der Waals surface area contributed by atoms with Crippen molar-refractivity contribution in [2.45, 2.75) is 12.2 Å². The summed E-state index contributed by atoms with van der Waals surface area (Å²) < 4.78 is 38.3. The molecule has 0 spiro atoms. The lowest BCUT2D eigenvalue weighted by Gasteiger charge is -2.19. The van der Waals surface area contributed by atoms with Crippen molar-refractivity contribution in [2.24, 2.45) is 0 Å². The van der Waals surface area contributed by atoms with Crippen molar-refractivity contribution in [3.63, 3.8) is 0 Å². The Morgan fingerprint density at radius 1 is 1.22 bits per heavy atom. The Kier molecular flexibility index (Phi) is 5.08. The molecule has 0 radical (unpaired) electrons. The van der Waals surface area contributed by atoms with Gasteiger partial charge in [-0.3, -0.25) is 0 Å². The van der Waals surface area contributed by atoms with Gasteiger partial charge < -0.3 is 10.4 Å². The molecule has 2 rings (SSSR count). The first kappa shape index (κ1) is 17.1. The summed E-state index contributed by atoms with van der Waals surface area (Å²) in [7, 11) is 0. The summed E-state index contributed by atoms with van der Waals surface area (Å²) in [6.07, 6.45) is -4.63. The molecular formula is C15H11ClF3N3O. The fourth-order valence-corrected chi connectivity index (χ4v) is 2.04. The smallest absolute Gasteiger partial charge is 0.394 e. The molecule has 1 atom stereocenters. The van der Waals surface area contributed by atoms with E-state index in [0.717, 1.165) is 12.1 Å². The Bertz CT molecular complexity index is 726. The maximum absolute atomic E-state index is 12.8. The summed E-state index contributed by atoms with van der Waals surface area (Å²) in [6.45, 7) is -0.398. The molecule has 8 heteroatoms. The summed E-state index contributed by atoms with van der Waals surface area (Å²) in [5.74, 6) is -0.240.